The number of carbonyl (C=O) groups excluding carboxylic acids is 1. The summed E-state index contributed by atoms with van der Waals surface area (Å²) >= 11 is 0. The van der Waals surface area contributed by atoms with E-state index in [1.807, 2.05) is 20.8 Å². The van der Waals surface area contributed by atoms with Crippen molar-refractivity contribution >= 4 is 6.09 Å². The molecule has 0 radical (unpaired) electrons. The van der Waals surface area contributed by atoms with Crippen molar-refractivity contribution in [2.75, 3.05) is 13.1 Å². The van der Waals surface area contributed by atoms with E-state index < -0.39 is 5.60 Å². The molecular formula is C14H24N2O2. The number of carbonyl (C=O) groups is 1. The van der Waals surface area contributed by atoms with E-state index in [0.717, 1.165) is 12.8 Å². The molecule has 4 heteroatoms. The molecule has 1 heterocycles. The Morgan fingerprint density at radius 2 is 2.17 bits per heavy atom. The summed E-state index contributed by atoms with van der Waals surface area (Å²) in [5.74, 6) is 2.74. The highest BCUT2D eigenvalue weighted by atomic mass is 16.6. The SMILES string of the molecule is C#CC(CCC)NC1CN(C(=O)OC(C)(C)C)C1. The molecule has 1 aliphatic heterocycles. The zero-order valence-corrected chi connectivity index (χ0v) is 11.8. The van der Waals surface area contributed by atoms with Crippen molar-refractivity contribution < 1.29 is 9.53 Å². The Labute approximate surface area is 110 Å². The van der Waals surface area contributed by atoms with Crippen LogP contribution in [-0.4, -0.2) is 41.8 Å². The Bertz CT molecular complexity index is 322. The van der Waals surface area contributed by atoms with Crippen LogP contribution < -0.4 is 5.32 Å². The molecule has 0 spiro atoms. The van der Waals surface area contributed by atoms with E-state index in [1.165, 1.54) is 0 Å². The first-order valence-corrected chi connectivity index (χ1v) is 6.55. The number of rotatable bonds is 4. The van der Waals surface area contributed by atoms with Crippen LogP contribution >= 0.6 is 0 Å². The molecule has 1 unspecified atom stereocenters. The van der Waals surface area contributed by atoms with E-state index in [1.54, 1.807) is 4.90 Å². The number of terminal acetylenes is 1. The molecule has 0 bridgehead atoms. The van der Waals surface area contributed by atoms with Gasteiger partial charge in [0.15, 0.2) is 0 Å². The average Bonchev–Trinajstić information content (AvgIpc) is 2.18. The summed E-state index contributed by atoms with van der Waals surface area (Å²) in [6, 6.07) is 0.408. The van der Waals surface area contributed by atoms with Gasteiger partial charge in [-0.2, -0.15) is 0 Å². The van der Waals surface area contributed by atoms with E-state index in [4.69, 9.17) is 11.2 Å². The third-order valence-corrected chi connectivity index (χ3v) is 2.75. The Hall–Kier alpha value is -1.21. The molecule has 4 nitrogen and oxygen atoms in total. The van der Waals surface area contributed by atoms with Gasteiger partial charge in [0, 0.05) is 19.1 Å². The maximum Gasteiger partial charge on any atom is 0.410 e. The van der Waals surface area contributed by atoms with Crippen LogP contribution in [0.1, 0.15) is 40.5 Å². The zero-order chi connectivity index (χ0) is 13.8. The zero-order valence-electron chi connectivity index (χ0n) is 11.8. The lowest BCUT2D eigenvalue weighted by molar-refractivity contribution is 0.00469. The van der Waals surface area contributed by atoms with Crippen molar-refractivity contribution in [3.8, 4) is 12.3 Å². The fourth-order valence-corrected chi connectivity index (χ4v) is 1.85. The van der Waals surface area contributed by atoms with Gasteiger partial charge in [0.05, 0.1) is 6.04 Å². The summed E-state index contributed by atoms with van der Waals surface area (Å²) in [5, 5.41) is 3.37. The minimum atomic E-state index is -0.431. The standard InChI is InChI=1S/C14H24N2O2/c1-6-8-11(7-2)15-12-9-16(10-12)13(17)18-14(3,4)5/h2,11-12,15H,6,8-10H2,1,3-5H3. The maximum absolute atomic E-state index is 11.7. The van der Waals surface area contributed by atoms with Gasteiger partial charge in [-0.3, -0.25) is 5.32 Å². The average molecular weight is 252 g/mol. The highest BCUT2D eigenvalue weighted by molar-refractivity contribution is 5.69. The lowest BCUT2D eigenvalue weighted by Gasteiger charge is -2.41. The molecule has 102 valence electrons. The molecule has 0 aromatic rings. The quantitative estimate of drug-likeness (QED) is 0.778. The topological polar surface area (TPSA) is 41.6 Å². The van der Waals surface area contributed by atoms with Crippen molar-refractivity contribution in [3.63, 3.8) is 0 Å². The van der Waals surface area contributed by atoms with Gasteiger partial charge in [-0.1, -0.05) is 19.3 Å². The fraction of sp³-hybridized carbons (Fsp3) is 0.786. The number of ether oxygens (including phenoxy) is 1. The highest BCUT2D eigenvalue weighted by Crippen LogP contribution is 2.15. The van der Waals surface area contributed by atoms with E-state index >= 15 is 0 Å². The molecule has 1 amide bonds. The number of amides is 1. The van der Waals surface area contributed by atoms with E-state index in [9.17, 15) is 4.79 Å². The van der Waals surface area contributed by atoms with Crippen molar-refractivity contribution in [1.82, 2.24) is 10.2 Å². The van der Waals surface area contributed by atoms with Crippen LogP contribution in [0.4, 0.5) is 4.79 Å². The first-order valence-electron chi connectivity index (χ1n) is 6.55. The number of nitrogens with zero attached hydrogens (tertiary/aromatic N) is 1. The van der Waals surface area contributed by atoms with Crippen molar-refractivity contribution in [2.45, 2.75) is 58.2 Å². The summed E-state index contributed by atoms with van der Waals surface area (Å²) in [5.41, 5.74) is -0.431. The summed E-state index contributed by atoms with van der Waals surface area (Å²) in [4.78, 5) is 13.4. The molecule has 0 saturated carbocycles. The van der Waals surface area contributed by atoms with E-state index in [0.29, 0.717) is 19.1 Å². The minimum Gasteiger partial charge on any atom is -0.444 e. The monoisotopic (exact) mass is 252 g/mol. The second-order valence-electron chi connectivity index (χ2n) is 5.76. The number of hydrogen-bond acceptors (Lipinski definition) is 3. The second kappa shape index (κ2) is 6.10. The molecule has 1 aliphatic rings. The molecular weight excluding hydrogens is 228 g/mol. The first-order chi connectivity index (χ1) is 8.35. The third kappa shape index (κ3) is 4.58. The van der Waals surface area contributed by atoms with Gasteiger partial charge in [-0.05, 0) is 27.2 Å². The van der Waals surface area contributed by atoms with Crippen LogP contribution in [0.2, 0.25) is 0 Å². The lowest BCUT2D eigenvalue weighted by Crippen LogP contribution is -2.62. The number of likely N-dealkylation sites (tertiary alicyclic amines) is 1. The normalized spacial score (nSPS) is 17.8. The molecule has 0 aliphatic carbocycles. The first kappa shape index (κ1) is 14.8. The van der Waals surface area contributed by atoms with E-state index in [-0.39, 0.29) is 12.1 Å². The van der Waals surface area contributed by atoms with Crippen LogP contribution in [0.3, 0.4) is 0 Å². The van der Waals surface area contributed by atoms with Crippen molar-refractivity contribution in [3.05, 3.63) is 0 Å². The summed E-state index contributed by atoms with van der Waals surface area (Å²) in [7, 11) is 0. The molecule has 1 saturated heterocycles. The Balaban J connectivity index is 2.27. The van der Waals surface area contributed by atoms with Gasteiger partial charge < -0.3 is 9.64 Å². The molecule has 18 heavy (non-hydrogen) atoms. The Kier molecular flexibility index (Phi) is 5.03. The summed E-state index contributed by atoms with van der Waals surface area (Å²) < 4.78 is 5.29. The molecule has 0 aromatic carbocycles. The van der Waals surface area contributed by atoms with Crippen LogP contribution in [0.15, 0.2) is 0 Å². The maximum atomic E-state index is 11.7. The predicted molar refractivity (Wildman–Crippen MR) is 72.3 cm³/mol. The van der Waals surface area contributed by atoms with Crippen molar-refractivity contribution in [2.24, 2.45) is 0 Å². The van der Waals surface area contributed by atoms with Gasteiger partial charge in [0.1, 0.15) is 5.60 Å². The molecule has 1 N–H and O–H groups in total. The van der Waals surface area contributed by atoms with Gasteiger partial charge >= 0.3 is 6.09 Å². The largest absolute Gasteiger partial charge is 0.444 e. The van der Waals surface area contributed by atoms with E-state index in [2.05, 4.69) is 18.2 Å². The second-order valence-corrected chi connectivity index (χ2v) is 5.76. The van der Waals surface area contributed by atoms with Gasteiger partial charge in [0.25, 0.3) is 0 Å². The number of nitrogens with one attached hydrogen (secondary N) is 1. The molecule has 1 atom stereocenters. The van der Waals surface area contributed by atoms with Gasteiger partial charge in [0.2, 0.25) is 0 Å². The molecule has 1 fully saturated rings. The summed E-state index contributed by atoms with van der Waals surface area (Å²) in [6.45, 7) is 9.08. The van der Waals surface area contributed by atoms with Gasteiger partial charge in [-0.25, -0.2) is 4.79 Å². The number of hydrogen-bond donors (Lipinski definition) is 1. The lowest BCUT2D eigenvalue weighted by atomic mass is 10.1. The van der Waals surface area contributed by atoms with Crippen molar-refractivity contribution in [1.29, 1.82) is 0 Å². The third-order valence-electron chi connectivity index (χ3n) is 2.75. The predicted octanol–water partition coefficient (Wildman–Crippen LogP) is 2.00. The fourth-order valence-electron chi connectivity index (χ4n) is 1.85. The summed E-state index contributed by atoms with van der Waals surface area (Å²) in [6.07, 6.45) is 7.24. The Morgan fingerprint density at radius 3 is 2.61 bits per heavy atom. The highest BCUT2D eigenvalue weighted by Gasteiger charge is 2.34. The molecule has 0 aromatic heterocycles. The van der Waals surface area contributed by atoms with Gasteiger partial charge in [-0.15, -0.1) is 6.42 Å². The van der Waals surface area contributed by atoms with Crippen LogP contribution in [0.25, 0.3) is 0 Å². The van der Waals surface area contributed by atoms with Crippen LogP contribution in [0, 0.1) is 12.3 Å². The van der Waals surface area contributed by atoms with Crippen LogP contribution in [-0.2, 0) is 4.74 Å². The molecule has 1 rings (SSSR count). The smallest absolute Gasteiger partial charge is 0.410 e. The minimum absolute atomic E-state index is 0.112. The van der Waals surface area contributed by atoms with Crippen LogP contribution in [0.5, 0.6) is 0 Å². The Morgan fingerprint density at radius 1 is 1.56 bits per heavy atom.